The van der Waals surface area contributed by atoms with Gasteiger partial charge in [-0.1, -0.05) is 12.1 Å². The third-order valence-electron chi connectivity index (χ3n) is 3.77. The van der Waals surface area contributed by atoms with Crippen molar-refractivity contribution in [1.29, 1.82) is 0 Å². The maximum absolute atomic E-state index is 12.3. The summed E-state index contributed by atoms with van der Waals surface area (Å²) in [7, 11) is 0. The van der Waals surface area contributed by atoms with Crippen LogP contribution in [0.3, 0.4) is 0 Å². The molecule has 0 spiro atoms. The number of hydrogen-bond donors (Lipinski definition) is 2. The fourth-order valence-corrected chi connectivity index (χ4v) is 2.69. The molecule has 1 aromatic rings. The standard InChI is InChI=1S/C15H20N2O3/c1-10-6-5-7-11(2)17(10)15(20)14(19)16-12-8-3-4-9-13(12)18/h3-4,8-11,18H,5-7H2,1-2H3,(H,16,19). The Balaban J connectivity index is 2.09. The van der Waals surface area contributed by atoms with E-state index in [0.29, 0.717) is 0 Å². The predicted octanol–water partition coefficient (Wildman–Crippen LogP) is 2.12. The summed E-state index contributed by atoms with van der Waals surface area (Å²) in [6, 6.07) is 6.51. The quantitative estimate of drug-likeness (QED) is 0.609. The molecule has 1 saturated heterocycles. The number of carbonyl (C=O) groups excluding carboxylic acids is 2. The van der Waals surface area contributed by atoms with Crippen LogP contribution in [0.25, 0.3) is 0 Å². The molecule has 2 amide bonds. The number of benzene rings is 1. The van der Waals surface area contributed by atoms with Crippen molar-refractivity contribution in [3.8, 4) is 5.75 Å². The van der Waals surface area contributed by atoms with Crippen LogP contribution in [-0.4, -0.2) is 33.9 Å². The highest BCUT2D eigenvalue weighted by atomic mass is 16.3. The van der Waals surface area contributed by atoms with Crippen molar-refractivity contribution in [3.63, 3.8) is 0 Å². The van der Waals surface area contributed by atoms with Gasteiger partial charge >= 0.3 is 11.8 Å². The minimum atomic E-state index is -0.702. The number of hydrogen-bond acceptors (Lipinski definition) is 3. The highest BCUT2D eigenvalue weighted by Crippen LogP contribution is 2.24. The van der Waals surface area contributed by atoms with E-state index in [-0.39, 0.29) is 23.5 Å². The molecule has 1 aliphatic heterocycles. The number of phenolic OH excluding ortho intramolecular Hbond substituents is 1. The first-order valence-electron chi connectivity index (χ1n) is 6.92. The molecule has 0 aliphatic carbocycles. The van der Waals surface area contributed by atoms with Gasteiger partial charge in [0.1, 0.15) is 5.75 Å². The van der Waals surface area contributed by atoms with E-state index < -0.39 is 11.8 Å². The first-order chi connectivity index (χ1) is 9.50. The van der Waals surface area contributed by atoms with Crippen molar-refractivity contribution in [2.45, 2.75) is 45.2 Å². The van der Waals surface area contributed by atoms with Gasteiger partial charge in [0.25, 0.3) is 0 Å². The molecule has 1 aromatic carbocycles. The Labute approximate surface area is 118 Å². The molecular weight excluding hydrogens is 256 g/mol. The molecule has 2 atom stereocenters. The third kappa shape index (κ3) is 2.92. The van der Waals surface area contributed by atoms with Crippen LogP contribution in [0.1, 0.15) is 33.1 Å². The first-order valence-corrected chi connectivity index (χ1v) is 6.92. The Morgan fingerprint density at radius 3 is 2.40 bits per heavy atom. The fraction of sp³-hybridized carbons (Fsp3) is 0.467. The molecule has 5 heteroatoms. The molecule has 2 unspecified atom stereocenters. The number of piperidine rings is 1. The van der Waals surface area contributed by atoms with Crippen molar-refractivity contribution >= 4 is 17.5 Å². The zero-order valence-corrected chi connectivity index (χ0v) is 11.8. The van der Waals surface area contributed by atoms with Crippen LogP contribution in [0.4, 0.5) is 5.69 Å². The number of likely N-dealkylation sites (tertiary alicyclic amines) is 1. The van der Waals surface area contributed by atoms with Crippen LogP contribution in [-0.2, 0) is 9.59 Å². The van der Waals surface area contributed by atoms with Gasteiger partial charge in [-0.05, 0) is 45.2 Å². The van der Waals surface area contributed by atoms with Gasteiger partial charge < -0.3 is 15.3 Å². The summed E-state index contributed by atoms with van der Waals surface area (Å²) in [5.74, 6) is -1.28. The number of carbonyl (C=O) groups is 2. The zero-order valence-electron chi connectivity index (χ0n) is 11.8. The van der Waals surface area contributed by atoms with Crippen molar-refractivity contribution < 1.29 is 14.7 Å². The van der Waals surface area contributed by atoms with Crippen molar-refractivity contribution in [2.75, 3.05) is 5.32 Å². The normalized spacial score (nSPS) is 22.4. The van der Waals surface area contributed by atoms with Gasteiger partial charge in [-0.2, -0.15) is 0 Å². The Kier molecular flexibility index (Phi) is 4.27. The summed E-state index contributed by atoms with van der Waals surface area (Å²) in [4.78, 5) is 25.9. The van der Waals surface area contributed by atoms with Crippen molar-refractivity contribution in [1.82, 2.24) is 4.90 Å². The molecule has 20 heavy (non-hydrogen) atoms. The molecule has 1 heterocycles. The van der Waals surface area contributed by atoms with E-state index >= 15 is 0 Å². The zero-order chi connectivity index (χ0) is 14.7. The third-order valence-corrected chi connectivity index (χ3v) is 3.77. The Morgan fingerprint density at radius 1 is 1.20 bits per heavy atom. The highest BCUT2D eigenvalue weighted by molar-refractivity contribution is 6.39. The molecule has 1 aliphatic rings. The number of para-hydroxylation sites is 2. The minimum absolute atomic E-state index is 0.0478. The summed E-state index contributed by atoms with van der Waals surface area (Å²) in [5.41, 5.74) is 0.253. The van der Waals surface area contributed by atoms with Gasteiger partial charge in [0, 0.05) is 12.1 Å². The van der Waals surface area contributed by atoms with Crippen molar-refractivity contribution in [2.24, 2.45) is 0 Å². The van der Waals surface area contributed by atoms with E-state index in [0.717, 1.165) is 19.3 Å². The lowest BCUT2D eigenvalue weighted by Crippen LogP contribution is -2.51. The van der Waals surface area contributed by atoms with Gasteiger partial charge in [0.2, 0.25) is 0 Å². The maximum atomic E-state index is 12.3. The summed E-state index contributed by atoms with van der Waals surface area (Å²) in [5, 5.41) is 12.1. The van der Waals surface area contributed by atoms with Crippen molar-refractivity contribution in [3.05, 3.63) is 24.3 Å². The molecule has 108 valence electrons. The number of phenols is 1. The highest BCUT2D eigenvalue weighted by Gasteiger charge is 2.32. The molecule has 0 bridgehead atoms. The molecule has 1 fully saturated rings. The van der Waals surface area contributed by atoms with E-state index in [1.54, 1.807) is 23.1 Å². The van der Waals surface area contributed by atoms with Crippen LogP contribution in [0.2, 0.25) is 0 Å². The summed E-state index contributed by atoms with van der Waals surface area (Å²) in [6.45, 7) is 3.92. The lowest BCUT2D eigenvalue weighted by atomic mass is 9.97. The van der Waals surface area contributed by atoms with E-state index in [1.807, 2.05) is 13.8 Å². The van der Waals surface area contributed by atoms with Crippen LogP contribution < -0.4 is 5.32 Å². The van der Waals surface area contributed by atoms with Crippen LogP contribution in [0, 0.1) is 0 Å². The lowest BCUT2D eigenvalue weighted by Gasteiger charge is -2.38. The van der Waals surface area contributed by atoms with Gasteiger partial charge in [-0.3, -0.25) is 9.59 Å². The fourth-order valence-electron chi connectivity index (χ4n) is 2.69. The average molecular weight is 276 g/mol. The smallest absolute Gasteiger partial charge is 0.314 e. The molecule has 2 rings (SSSR count). The summed E-state index contributed by atoms with van der Waals surface area (Å²) in [6.07, 6.45) is 2.91. The lowest BCUT2D eigenvalue weighted by molar-refractivity contribution is -0.147. The maximum Gasteiger partial charge on any atom is 0.314 e. The number of amides is 2. The largest absolute Gasteiger partial charge is 0.506 e. The average Bonchev–Trinajstić information content (AvgIpc) is 2.41. The van der Waals surface area contributed by atoms with Gasteiger partial charge in [-0.25, -0.2) is 0 Å². The molecular formula is C15H20N2O3. The van der Waals surface area contributed by atoms with Crippen LogP contribution in [0.5, 0.6) is 5.75 Å². The second-order valence-corrected chi connectivity index (χ2v) is 5.31. The van der Waals surface area contributed by atoms with Gasteiger partial charge in [0.05, 0.1) is 5.69 Å². The number of rotatable bonds is 1. The number of nitrogens with one attached hydrogen (secondary N) is 1. The Morgan fingerprint density at radius 2 is 1.80 bits per heavy atom. The second kappa shape index (κ2) is 5.94. The Bertz CT molecular complexity index is 506. The van der Waals surface area contributed by atoms with E-state index in [9.17, 15) is 14.7 Å². The molecule has 5 nitrogen and oxygen atoms in total. The number of anilines is 1. The minimum Gasteiger partial charge on any atom is -0.506 e. The van der Waals surface area contributed by atoms with Crippen LogP contribution in [0.15, 0.2) is 24.3 Å². The Hall–Kier alpha value is -2.04. The second-order valence-electron chi connectivity index (χ2n) is 5.31. The SMILES string of the molecule is CC1CCCC(C)N1C(=O)C(=O)Nc1ccccc1O. The molecule has 0 radical (unpaired) electrons. The predicted molar refractivity (Wildman–Crippen MR) is 76.4 cm³/mol. The van der Waals surface area contributed by atoms with E-state index in [4.69, 9.17) is 0 Å². The molecule has 0 aromatic heterocycles. The summed E-state index contributed by atoms with van der Waals surface area (Å²) < 4.78 is 0. The van der Waals surface area contributed by atoms with Gasteiger partial charge in [-0.15, -0.1) is 0 Å². The van der Waals surface area contributed by atoms with E-state index in [2.05, 4.69) is 5.32 Å². The van der Waals surface area contributed by atoms with Gasteiger partial charge in [0.15, 0.2) is 0 Å². The summed E-state index contributed by atoms with van der Waals surface area (Å²) >= 11 is 0. The molecule has 2 N–H and O–H groups in total. The molecule has 0 saturated carbocycles. The monoisotopic (exact) mass is 276 g/mol. The number of aromatic hydroxyl groups is 1. The van der Waals surface area contributed by atoms with E-state index in [1.165, 1.54) is 6.07 Å². The van der Waals surface area contributed by atoms with Crippen LogP contribution >= 0.6 is 0 Å². The topological polar surface area (TPSA) is 69.6 Å². The first kappa shape index (κ1) is 14.4. The number of nitrogens with zero attached hydrogens (tertiary/aromatic N) is 1.